The summed E-state index contributed by atoms with van der Waals surface area (Å²) in [7, 11) is 0. The molecule has 0 spiro atoms. The standard InChI is InChI=1S/C14H29N/c1-5-15-11-10-14(3,4)13-8-6-12(2)7-9-13/h12-13,15H,5-11H2,1-4H3. The minimum Gasteiger partial charge on any atom is -0.317 e. The molecule has 0 heterocycles. The number of hydrogen-bond donors (Lipinski definition) is 1. The first kappa shape index (κ1) is 13.0. The van der Waals surface area contributed by atoms with Crippen molar-refractivity contribution in [2.45, 2.75) is 59.8 Å². The molecule has 0 aromatic heterocycles. The third kappa shape index (κ3) is 4.14. The summed E-state index contributed by atoms with van der Waals surface area (Å²) in [4.78, 5) is 0. The van der Waals surface area contributed by atoms with Crippen molar-refractivity contribution in [1.29, 1.82) is 0 Å². The Labute approximate surface area is 96.0 Å². The Hall–Kier alpha value is -0.0400. The molecule has 1 N–H and O–H groups in total. The number of hydrogen-bond acceptors (Lipinski definition) is 1. The highest BCUT2D eigenvalue weighted by Crippen LogP contribution is 2.41. The normalized spacial score (nSPS) is 28.0. The Balaban J connectivity index is 2.32. The van der Waals surface area contributed by atoms with Crippen LogP contribution < -0.4 is 5.32 Å². The first-order valence-corrected chi connectivity index (χ1v) is 6.77. The lowest BCUT2D eigenvalue weighted by Crippen LogP contribution is -2.31. The van der Waals surface area contributed by atoms with Crippen molar-refractivity contribution in [2.75, 3.05) is 13.1 Å². The molecule has 1 heteroatoms. The molecule has 1 nitrogen and oxygen atoms in total. The first-order valence-electron chi connectivity index (χ1n) is 6.77. The van der Waals surface area contributed by atoms with Gasteiger partial charge in [-0.1, -0.05) is 40.5 Å². The molecule has 1 rings (SSSR count). The van der Waals surface area contributed by atoms with Gasteiger partial charge < -0.3 is 5.32 Å². The molecule has 90 valence electrons. The molecule has 0 atom stereocenters. The molecule has 0 radical (unpaired) electrons. The third-order valence-corrected chi connectivity index (χ3v) is 4.32. The Morgan fingerprint density at radius 3 is 2.27 bits per heavy atom. The maximum atomic E-state index is 3.45. The molecular formula is C14H29N. The highest BCUT2D eigenvalue weighted by atomic mass is 14.8. The number of rotatable bonds is 5. The summed E-state index contributed by atoms with van der Waals surface area (Å²) in [5.41, 5.74) is 0.544. The summed E-state index contributed by atoms with van der Waals surface area (Å²) in [5.74, 6) is 1.94. The van der Waals surface area contributed by atoms with E-state index in [1.54, 1.807) is 0 Å². The predicted molar refractivity (Wildman–Crippen MR) is 68.1 cm³/mol. The molecule has 0 aliphatic heterocycles. The van der Waals surface area contributed by atoms with Crippen molar-refractivity contribution in [2.24, 2.45) is 17.3 Å². The van der Waals surface area contributed by atoms with Gasteiger partial charge >= 0.3 is 0 Å². The van der Waals surface area contributed by atoms with Crippen LogP contribution in [0.3, 0.4) is 0 Å². The molecule has 0 aromatic rings. The smallest absolute Gasteiger partial charge is 0.00438 e. The fraction of sp³-hybridized carbons (Fsp3) is 1.00. The molecule has 1 aliphatic rings. The molecule has 15 heavy (non-hydrogen) atoms. The van der Waals surface area contributed by atoms with E-state index in [1.165, 1.54) is 38.6 Å². The summed E-state index contributed by atoms with van der Waals surface area (Å²) in [6.07, 6.45) is 7.16. The summed E-state index contributed by atoms with van der Waals surface area (Å²) < 4.78 is 0. The van der Waals surface area contributed by atoms with E-state index in [-0.39, 0.29) is 0 Å². The van der Waals surface area contributed by atoms with E-state index >= 15 is 0 Å². The Morgan fingerprint density at radius 1 is 1.13 bits per heavy atom. The van der Waals surface area contributed by atoms with Gasteiger partial charge in [-0.05, 0) is 49.6 Å². The second kappa shape index (κ2) is 5.89. The van der Waals surface area contributed by atoms with Gasteiger partial charge in [0, 0.05) is 0 Å². The average molecular weight is 211 g/mol. The lowest BCUT2D eigenvalue weighted by Gasteiger charge is -2.39. The van der Waals surface area contributed by atoms with Gasteiger partial charge in [0.25, 0.3) is 0 Å². The van der Waals surface area contributed by atoms with Crippen LogP contribution >= 0.6 is 0 Å². The van der Waals surface area contributed by atoms with Gasteiger partial charge in [0.2, 0.25) is 0 Å². The molecule has 0 amide bonds. The summed E-state index contributed by atoms with van der Waals surface area (Å²) >= 11 is 0. The highest BCUT2D eigenvalue weighted by molar-refractivity contribution is 4.82. The van der Waals surface area contributed by atoms with Gasteiger partial charge in [-0.25, -0.2) is 0 Å². The fourth-order valence-corrected chi connectivity index (χ4v) is 2.83. The van der Waals surface area contributed by atoms with Gasteiger partial charge in [0.15, 0.2) is 0 Å². The molecule has 0 bridgehead atoms. The van der Waals surface area contributed by atoms with E-state index in [9.17, 15) is 0 Å². The summed E-state index contributed by atoms with van der Waals surface area (Å²) in [6, 6.07) is 0. The van der Waals surface area contributed by atoms with Crippen LogP contribution in [0.1, 0.15) is 59.8 Å². The average Bonchev–Trinajstić information content (AvgIpc) is 2.18. The maximum absolute atomic E-state index is 3.45. The number of nitrogens with one attached hydrogen (secondary N) is 1. The molecule has 1 aliphatic carbocycles. The Morgan fingerprint density at radius 2 is 1.73 bits per heavy atom. The molecule has 1 fully saturated rings. The zero-order valence-electron chi connectivity index (χ0n) is 11.1. The predicted octanol–water partition coefficient (Wildman–Crippen LogP) is 3.84. The van der Waals surface area contributed by atoms with Crippen molar-refractivity contribution in [3.63, 3.8) is 0 Å². The van der Waals surface area contributed by atoms with Crippen LogP contribution in [0.25, 0.3) is 0 Å². The van der Waals surface area contributed by atoms with Crippen molar-refractivity contribution in [3.05, 3.63) is 0 Å². The molecule has 1 saturated carbocycles. The molecule has 0 aromatic carbocycles. The zero-order chi connectivity index (χ0) is 11.3. The lowest BCUT2D eigenvalue weighted by molar-refractivity contribution is 0.127. The zero-order valence-corrected chi connectivity index (χ0v) is 11.1. The van der Waals surface area contributed by atoms with Crippen molar-refractivity contribution < 1.29 is 0 Å². The van der Waals surface area contributed by atoms with Gasteiger partial charge in [-0.3, -0.25) is 0 Å². The van der Waals surface area contributed by atoms with E-state index < -0.39 is 0 Å². The van der Waals surface area contributed by atoms with Crippen LogP contribution in [-0.4, -0.2) is 13.1 Å². The highest BCUT2D eigenvalue weighted by Gasteiger charge is 2.31. The van der Waals surface area contributed by atoms with Crippen LogP contribution in [0.15, 0.2) is 0 Å². The van der Waals surface area contributed by atoms with Crippen LogP contribution in [0.4, 0.5) is 0 Å². The van der Waals surface area contributed by atoms with Crippen LogP contribution in [0.2, 0.25) is 0 Å². The minimum atomic E-state index is 0.544. The van der Waals surface area contributed by atoms with E-state index in [1.807, 2.05) is 0 Å². The molecular weight excluding hydrogens is 182 g/mol. The fourth-order valence-electron chi connectivity index (χ4n) is 2.83. The molecule has 0 saturated heterocycles. The minimum absolute atomic E-state index is 0.544. The van der Waals surface area contributed by atoms with Gasteiger partial charge in [0.1, 0.15) is 0 Å². The van der Waals surface area contributed by atoms with Crippen LogP contribution in [0, 0.1) is 17.3 Å². The summed E-state index contributed by atoms with van der Waals surface area (Å²) in [6.45, 7) is 11.8. The van der Waals surface area contributed by atoms with E-state index in [0.29, 0.717) is 5.41 Å². The third-order valence-electron chi connectivity index (χ3n) is 4.32. The van der Waals surface area contributed by atoms with Crippen molar-refractivity contribution in [3.8, 4) is 0 Å². The van der Waals surface area contributed by atoms with Gasteiger partial charge in [-0.2, -0.15) is 0 Å². The quantitative estimate of drug-likeness (QED) is 0.681. The Kier molecular flexibility index (Phi) is 5.11. The summed E-state index contributed by atoms with van der Waals surface area (Å²) in [5, 5.41) is 3.45. The second-order valence-electron chi connectivity index (χ2n) is 6.05. The van der Waals surface area contributed by atoms with E-state index in [4.69, 9.17) is 0 Å². The van der Waals surface area contributed by atoms with Gasteiger partial charge in [-0.15, -0.1) is 0 Å². The van der Waals surface area contributed by atoms with Gasteiger partial charge in [0.05, 0.1) is 0 Å². The first-order chi connectivity index (χ1) is 7.06. The lowest BCUT2D eigenvalue weighted by atomic mass is 9.67. The van der Waals surface area contributed by atoms with Crippen LogP contribution in [0.5, 0.6) is 0 Å². The van der Waals surface area contributed by atoms with Crippen molar-refractivity contribution in [1.82, 2.24) is 5.32 Å². The molecule has 0 unspecified atom stereocenters. The van der Waals surface area contributed by atoms with Crippen LogP contribution in [-0.2, 0) is 0 Å². The van der Waals surface area contributed by atoms with E-state index in [0.717, 1.165) is 18.4 Å². The largest absolute Gasteiger partial charge is 0.317 e. The SMILES string of the molecule is CCNCCC(C)(C)C1CCC(C)CC1. The van der Waals surface area contributed by atoms with Crippen molar-refractivity contribution >= 4 is 0 Å². The monoisotopic (exact) mass is 211 g/mol. The second-order valence-corrected chi connectivity index (χ2v) is 6.05. The maximum Gasteiger partial charge on any atom is -0.00438 e. The Bertz CT molecular complexity index is 166. The topological polar surface area (TPSA) is 12.0 Å². The van der Waals surface area contributed by atoms with E-state index in [2.05, 4.69) is 33.0 Å².